The number of hydrogen-bond acceptors (Lipinski definition) is 2. The van der Waals surface area contributed by atoms with E-state index in [1.165, 1.54) is 16.7 Å². The molecule has 16 heavy (non-hydrogen) atoms. The molecule has 0 N–H and O–H groups in total. The highest BCUT2D eigenvalue weighted by atomic mass is 16.5. The molecule has 2 heteroatoms. The molecule has 1 aromatic carbocycles. The van der Waals surface area contributed by atoms with E-state index in [0.29, 0.717) is 0 Å². The molecule has 1 aliphatic carbocycles. The van der Waals surface area contributed by atoms with Crippen molar-refractivity contribution >= 4 is 0 Å². The van der Waals surface area contributed by atoms with Gasteiger partial charge in [0.1, 0.15) is 0 Å². The number of rotatable bonds is 1. The molecule has 0 atom stereocenters. The van der Waals surface area contributed by atoms with Gasteiger partial charge in [-0.2, -0.15) is 0 Å². The molecule has 0 bridgehead atoms. The third kappa shape index (κ3) is 1.23. The Kier molecular flexibility index (Phi) is 1.96. The van der Waals surface area contributed by atoms with Gasteiger partial charge in [0.05, 0.1) is 12.8 Å². The second-order valence-electron chi connectivity index (χ2n) is 4.14. The van der Waals surface area contributed by atoms with Gasteiger partial charge >= 0.3 is 0 Å². The minimum absolute atomic E-state index is 0.742. The van der Waals surface area contributed by atoms with E-state index in [4.69, 9.17) is 4.74 Å². The Bertz CT molecular complexity index is 561. The van der Waals surface area contributed by atoms with Gasteiger partial charge in [-0.25, -0.2) is 4.98 Å². The molecule has 2 aromatic rings. The van der Waals surface area contributed by atoms with Crippen molar-refractivity contribution in [3.63, 3.8) is 0 Å². The zero-order valence-electron chi connectivity index (χ0n) is 9.45. The fraction of sp³-hybridized carbons (Fsp3) is 0.214. The Hall–Kier alpha value is -1.83. The van der Waals surface area contributed by atoms with Crippen LogP contribution < -0.4 is 4.74 Å². The summed E-state index contributed by atoms with van der Waals surface area (Å²) in [5, 5.41) is 0. The van der Waals surface area contributed by atoms with Gasteiger partial charge in [0, 0.05) is 17.5 Å². The van der Waals surface area contributed by atoms with Crippen LogP contribution in [0.4, 0.5) is 0 Å². The van der Waals surface area contributed by atoms with E-state index < -0.39 is 0 Å². The zero-order chi connectivity index (χ0) is 11.1. The summed E-state index contributed by atoms with van der Waals surface area (Å²) in [6, 6.07) is 10.7. The van der Waals surface area contributed by atoms with Crippen LogP contribution in [-0.4, -0.2) is 12.1 Å². The van der Waals surface area contributed by atoms with E-state index in [1.807, 2.05) is 6.92 Å². The molecule has 0 saturated heterocycles. The van der Waals surface area contributed by atoms with Crippen LogP contribution >= 0.6 is 0 Å². The summed E-state index contributed by atoms with van der Waals surface area (Å²) >= 11 is 0. The summed E-state index contributed by atoms with van der Waals surface area (Å²) in [5.74, 6) is 0.742. The maximum atomic E-state index is 5.26. The third-order valence-corrected chi connectivity index (χ3v) is 3.10. The first-order valence-electron chi connectivity index (χ1n) is 5.42. The lowest BCUT2D eigenvalue weighted by atomic mass is 10.1. The molecule has 0 saturated carbocycles. The summed E-state index contributed by atoms with van der Waals surface area (Å²) in [6.07, 6.45) is 0.919. The van der Waals surface area contributed by atoms with Crippen molar-refractivity contribution in [2.24, 2.45) is 0 Å². The Labute approximate surface area is 94.9 Å². The largest absolute Gasteiger partial charge is 0.481 e. The van der Waals surface area contributed by atoms with Crippen molar-refractivity contribution in [3.05, 3.63) is 47.2 Å². The molecule has 0 unspecified atom stereocenters. The molecule has 0 spiro atoms. The number of fused-ring (bicyclic) bond motifs is 3. The van der Waals surface area contributed by atoms with Gasteiger partial charge in [-0.15, -0.1) is 0 Å². The summed E-state index contributed by atoms with van der Waals surface area (Å²) in [5.41, 5.74) is 6.16. The lowest BCUT2D eigenvalue weighted by Gasteiger charge is -2.06. The van der Waals surface area contributed by atoms with Crippen LogP contribution in [0.3, 0.4) is 0 Å². The second-order valence-corrected chi connectivity index (χ2v) is 4.14. The van der Waals surface area contributed by atoms with Crippen LogP contribution in [0.15, 0.2) is 30.3 Å². The molecule has 0 fully saturated rings. The van der Waals surface area contributed by atoms with Gasteiger partial charge in [-0.1, -0.05) is 24.3 Å². The molecule has 0 amide bonds. The molecule has 80 valence electrons. The first-order chi connectivity index (χ1) is 7.79. The molecular weight excluding hydrogens is 198 g/mol. The SMILES string of the molecule is COc1nc2c(cc1C)-c1ccccc1C2. The average molecular weight is 211 g/mol. The third-order valence-electron chi connectivity index (χ3n) is 3.10. The number of aryl methyl sites for hydroxylation is 1. The van der Waals surface area contributed by atoms with Crippen molar-refractivity contribution in [2.45, 2.75) is 13.3 Å². The van der Waals surface area contributed by atoms with E-state index in [0.717, 1.165) is 23.6 Å². The quantitative estimate of drug-likeness (QED) is 0.617. The zero-order valence-corrected chi connectivity index (χ0v) is 9.45. The molecule has 0 aliphatic heterocycles. The summed E-state index contributed by atoms with van der Waals surface area (Å²) in [4.78, 5) is 4.56. The first kappa shape index (κ1) is 9.40. The van der Waals surface area contributed by atoms with Gasteiger partial charge in [-0.05, 0) is 24.1 Å². The number of benzene rings is 1. The number of pyridine rings is 1. The average Bonchev–Trinajstić information content (AvgIpc) is 2.66. The van der Waals surface area contributed by atoms with E-state index in [9.17, 15) is 0 Å². The minimum Gasteiger partial charge on any atom is -0.481 e. The number of nitrogens with zero attached hydrogens (tertiary/aromatic N) is 1. The van der Waals surface area contributed by atoms with Crippen LogP contribution in [-0.2, 0) is 6.42 Å². The van der Waals surface area contributed by atoms with Crippen molar-refractivity contribution in [1.82, 2.24) is 4.98 Å². The van der Waals surface area contributed by atoms with Gasteiger partial charge in [0.15, 0.2) is 0 Å². The molecule has 1 aliphatic rings. The van der Waals surface area contributed by atoms with Crippen LogP contribution in [0.1, 0.15) is 16.8 Å². The maximum Gasteiger partial charge on any atom is 0.216 e. The Morgan fingerprint density at radius 3 is 2.81 bits per heavy atom. The van der Waals surface area contributed by atoms with Crippen LogP contribution in [0, 0.1) is 6.92 Å². The topological polar surface area (TPSA) is 22.1 Å². The number of hydrogen-bond donors (Lipinski definition) is 0. The van der Waals surface area contributed by atoms with Crippen molar-refractivity contribution in [3.8, 4) is 17.0 Å². The van der Waals surface area contributed by atoms with Gasteiger partial charge in [-0.3, -0.25) is 0 Å². The highest BCUT2D eigenvalue weighted by molar-refractivity contribution is 5.76. The van der Waals surface area contributed by atoms with E-state index in [1.54, 1.807) is 7.11 Å². The fourth-order valence-electron chi connectivity index (χ4n) is 2.32. The van der Waals surface area contributed by atoms with E-state index >= 15 is 0 Å². The second kappa shape index (κ2) is 3.34. The monoisotopic (exact) mass is 211 g/mol. The van der Waals surface area contributed by atoms with Gasteiger partial charge in [0.25, 0.3) is 0 Å². The molecule has 0 radical (unpaired) electrons. The van der Waals surface area contributed by atoms with Crippen LogP contribution in [0.2, 0.25) is 0 Å². The standard InChI is InChI=1S/C14H13NO/c1-9-7-12-11-6-4-3-5-10(11)8-13(12)15-14(9)16-2/h3-7H,8H2,1-2H3. The maximum absolute atomic E-state index is 5.26. The highest BCUT2D eigenvalue weighted by Gasteiger charge is 2.20. The Morgan fingerprint density at radius 2 is 2.00 bits per heavy atom. The Morgan fingerprint density at radius 1 is 1.19 bits per heavy atom. The van der Waals surface area contributed by atoms with Crippen LogP contribution in [0.5, 0.6) is 5.88 Å². The van der Waals surface area contributed by atoms with Gasteiger partial charge < -0.3 is 4.74 Å². The lowest BCUT2D eigenvalue weighted by molar-refractivity contribution is 0.393. The number of ether oxygens (including phenoxy) is 1. The van der Waals surface area contributed by atoms with Crippen molar-refractivity contribution < 1.29 is 4.74 Å². The fourth-order valence-corrected chi connectivity index (χ4v) is 2.32. The normalized spacial score (nSPS) is 12.1. The predicted molar refractivity (Wildman–Crippen MR) is 63.8 cm³/mol. The van der Waals surface area contributed by atoms with Crippen molar-refractivity contribution in [1.29, 1.82) is 0 Å². The molecule has 1 aromatic heterocycles. The molecule has 1 heterocycles. The highest BCUT2D eigenvalue weighted by Crippen LogP contribution is 2.37. The minimum atomic E-state index is 0.742. The van der Waals surface area contributed by atoms with Crippen LogP contribution in [0.25, 0.3) is 11.1 Å². The summed E-state index contributed by atoms with van der Waals surface area (Å²) < 4.78 is 5.26. The summed E-state index contributed by atoms with van der Waals surface area (Å²) in [6.45, 7) is 2.03. The molecule has 2 nitrogen and oxygen atoms in total. The number of methoxy groups -OCH3 is 1. The predicted octanol–water partition coefficient (Wildman–Crippen LogP) is 2.97. The van der Waals surface area contributed by atoms with E-state index in [2.05, 4.69) is 35.3 Å². The van der Waals surface area contributed by atoms with E-state index in [-0.39, 0.29) is 0 Å². The summed E-state index contributed by atoms with van der Waals surface area (Å²) in [7, 11) is 1.67. The van der Waals surface area contributed by atoms with Gasteiger partial charge in [0.2, 0.25) is 5.88 Å². The Balaban J connectivity index is 2.22. The lowest BCUT2D eigenvalue weighted by Crippen LogP contribution is -1.95. The van der Waals surface area contributed by atoms with Crippen molar-refractivity contribution in [2.75, 3.05) is 7.11 Å². The molecular formula is C14H13NO. The first-order valence-corrected chi connectivity index (χ1v) is 5.42. The smallest absolute Gasteiger partial charge is 0.216 e. The molecule has 3 rings (SSSR count). The number of aromatic nitrogens is 1.